The molecular weight excluding hydrogens is 324 g/mol. The predicted molar refractivity (Wildman–Crippen MR) is 77.5 cm³/mol. The van der Waals surface area contributed by atoms with Gasteiger partial charge in [-0.25, -0.2) is 0 Å². The lowest BCUT2D eigenvalue weighted by molar-refractivity contribution is -0.119. The Bertz CT molecular complexity index is 659. The molecule has 2 aromatic rings. The molecule has 0 atom stereocenters. The molecule has 2 heterocycles. The third kappa shape index (κ3) is 2.43. The van der Waals surface area contributed by atoms with Crippen molar-refractivity contribution >= 4 is 39.2 Å². The van der Waals surface area contributed by atoms with Crippen LogP contribution < -0.4 is 0 Å². The van der Waals surface area contributed by atoms with Crippen molar-refractivity contribution in [3.05, 3.63) is 34.5 Å². The highest BCUT2D eigenvalue weighted by Gasteiger charge is 2.23. The lowest BCUT2D eigenvalue weighted by Crippen LogP contribution is -2.48. The molecule has 0 spiro atoms. The monoisotopic (exact) mass is 336 g/mol. The van der Waals surface area contributed by atoms with E-state index in [2.05, 4.69) is 15.9 Å². The van der Waals surface area contributed by atoms with Crippen LogP contribution in [-0.2, 0) is 4.79 Å². The van der Waals surface area contributed by atoms with Crippen LogP contribution in [0.1, 0.15) is 10.6 Å². The van der Waals surface area contributed by atoms with Gasteiger partial charge in [-0.1, -0.05) is 15.9 Å². The zero-order valence-electron chi connectivity index (χ0n) is 10.7. The van der Waals surface area contributed by atoms with Crippen LogP contribution in [0.3, 0.4) is 0 Å². The van der Waals surface area contributed by atoms with Gasteiger partial charge in [0.1, 0.15) is 5.58 Å². The summed E-state index contributed by atoms with van der Waals surface area (Å²) in [6.45, 7) is 2.22. The SMILES string of the molecule is O=CN1CCN(C(=O)c2cc3ccc(Br)cc3o2)CC1. The molecule has 0 unspecified atom stereocenters. The molecule has 20 heavy (non-hydrogen) atoms. The van der Waals surface area contributed by atoms with Crippen LogP contribution in [0.15, 0.2) is 33.2 Å². The fraction of sp³-hybridized carbons (Fsp3) is 0.286. The lowest BCUT2D eigenvalue weighted by Gasteiger charge is -2.31. The number of piperazine rings is 1. The predicted octanol–water partition coefficient (Wildman–Crippen LogP) is 2.11. The van der Waals surface area contributed by atoms with Gasteiger partial charge in [-0.3, -0.25) is 9.59 Å². The number of hydrogen-bond donors (Lipinski definition) is 0. The summed E-state index contributed by atoms with van der Waals surface area (Å²) >= 11 is 3.38. The highest BCUT2D eigenvalue weighted by atomic mass is 79.9. The molecule has 1 aromatic heterocycles. The van der Waals surface area contributed by atoms with Crippen molar-refractivity contribution in [2.45, 2.75) is 0 Å². The van der Waals surface area contributed by atoms with Crippen LogP contribution >= 0.6 is 15.9 Å². The van der Waals surface area contributed by atoms with Gasteiger partial charge >= 0.3 is 0 Å². The van der Waals surface area contributed by atoms with Gasteiger partial charge in [0.05, 0.1) is 0 Å². The minimum absolute atomic E-state index is 0.122. The second-order valence-corrected chi connectivity index (χ2v) is 5.64. The third-order valence-electron chi connectivity index (χ3n) is 3.44. The van der Waals surface area contributed by atoms with Crippen molar-refractivity contribution in [3.63, 3.8) is 0 Å². The Morgan fingerprint density at radius 1 is 1.20 bits per heavy atom. The van der Waals surface area contributed by atoms with E-state index in [1.54, 1.807) is 15.9 Å². The molecular formula is C14H13BrN2O3. The van der Waals surface area contributed by atoms with Crippen molar-refractivity contribution in [1.82, 2.24) is 9.80 Å². The molecule has 1 aliphatic heterocycles. The van der Waals surface area contributed by atoms with Crippen LogP contribution in [0.5, 0.6) is 0 Å². The summed E-state index contributed by atoms with van der Waals surface area (Å²) in [6.07, 6.45) is 0.820. The Morgan fingerprint density at radius 2 is 1.95 bits per heavy atom. The summed E-state index contributed by atoms with van der Waals surface area (Å²) < 4.78 is 6.53. The Hall–Kier alpha value is -1.82. The highest BCUT2D eigenvalue weighted by molar-refractivity contribution is 9.10. The molecule has 0 N–H and O–H groups in total. The summed E-state index contributed by atoms with van der Waals surface area (Å²) in [6, 6.07) is 7.42. The largest absolute Gasteiger partial charge is 0.451 e. The molecule has 0 bridgehead atoms. The quantitative estimate of drug-likeness (QED) is 0.789. The van der Waals surface area contributed by atoms with E-state index in [0.29, 0.717) is 37.5 Å². The second-order valence-electron chi connectivity index (χ2n) is 4.73. The van der Waals surface area contributed by atoms with Gasteiger partial charge in [-0.2, -0.15) is 0 Å². The van der Waals surface area contributed by atoms with Gasteiger partial charge in [-0.15, -0.1) is 0 Å². The van der Waals surface area contributed by atoms with Crippen LogP contribution in [0.25, 0.3) is 11.0 Å². The molecule has 6 heteroatoms. The molecule has 0 aliphatic carbocycles. The summed E-state index contributed by atoms with van der Waals surface area (Å²) in [5.74, 6) is 0.223. The maximum Gasteiger partial charge on any atom is 0.289 e. The van der Waals surface area contributed by atoms with Crippen molar-refractivity contribution in [1.29, 1.82) is 0 Å². The molecule has 3 rings (SSSR count). The smallest absolute Gasteiger partial charge is 0.289 e. The molecule has 0 saturated carbocycles. The standard InChI is InChI=1S/C14H13BrN2O3/c15-11-2-1-10-7-13(20-12(10)8-11)14(19)17-5-3-16(9-18)4-6-17/h1-2,7-9H,3-6H2. The number of fused-ring (bicyclic) bond motifs is 1. The molecule has 0 radical (unpaired) electrons. The molecule has 5 nitrogen and oxygen atoms in total. The van der Waals surface area contributed by atoms with Crippen molar-refractivity contribution < 1.29 is 14.0 Å². The molecule has 1 fully saturated rings. The number of carbonyl (C=O) groups is 2. The number of carbonyl (C=O) groups excluding carboxylic acids is 2. The minimum atomic E-state index is -0.122. The van der Waals surface area contributed by atoms with Gasteiger partial charge in [0.15, 0.2) is 5.76 Å². The van der Waals surface area contributed by atoms with E-state index < -0.39 is 0 Å². The maximum absolute atomic E-state index is 12.4. The molecule has 2 amide bonds. The zero-order chi connectivity index (χ0) is 14.1. The number of halogens is 1. The van der Waals surface area contributed by atoms with Crippen LogP contribution in [0.2, 0.25) is 0 Å². The average molecular weight is 337 g/mol. The Labute approximate surface area is 124 Å². The van der Waals surface area contributed by atoms with E-state index in [1.807, 2.05) is 18.2 Å². The van der Waals surface area contributed by atoms with E-state index in [4.69, 9.17) is 4.42 Å². The van der Waals surface area contributed by atoms with E-state index >= 15 is 0 Å². The fourth-order valence-corrected chi connectivity index (χ4v) is 2.64. The van der Waals surface area contributed by atoms with E-state index in [0.717, 1.165) is 16.3 Å². The number of furan rings is 1. The average Bonchev–Trinajstić information content (AvgIpc) is 2.89. The minimum Gasteiger partial charge on any atom is -0.451 e. The van der Waals surface area contributed by atoms with Gasteiger partial charge in [0.2, 0.25) is 6.41 Å². The first-order valence-corrected chi connectivity index (χ1v) is 7.14. The Morgan fingerprint density at radius 3 is 2.65 bits per heavy atom. The Balaban J connectivity index is 1.80. The second kappa shape index (κ2) is 5.28. The van der Waals surface area contributed by atoms with Gasteiger partial charge in [0.25, 0.3) is 5.91 Å². The van der Waals surface area contributed by atoms with Gasteiger partial charge < -0.3 is 14.2 Å². The summed E-state index contributed by atoms with van der Waals surface area (Å²) in [5, 5.41) is 0.906. The van der Waals surface area contributed by atoms with Crippen molar-refractivity contribution in [3.8, 4) is 0 Å². The Kier molecular flexibility index (Phi) is 3.48. The van der Waals surface area contributed by atoms with Gasteiger partial charge in [-0.05, 0) is 24.3 Å². The molecule has 1 saturated heterocycles. The fourth-order valence-electron chi connectivity index (χ4n) is 2.30. The highest BCUT2D eigenvalue weighted by Crippen LogP contribution is 2.24. The topological polar surface area (TPSA) is 53.8 Å². The molecule has 104 valence electrons. The zero-order valence-corrected chi connectivity index (χ0v) is 12.3. The van der Waals surface area contributed by atoms with Crippen LogP contribution in [-0.4, -0.2) is 48.3 Å². The number of hydrogen-bond acceptors (Lipinski definition) is 3. The van der Waals surface area contributed by atoms with E-state index in [1.165, 1.54) is 0 Å². The molecule has 1 aliphatic rings. The normalized spacial score (nSPS) is 15.7. The summed E-state index contributed by atoms with van der Waals surface area (Å²) in [5.41, 5.74) is 0.689. The number of nitrogens with zero attached hydrogens (tertiary/aromatic N) is 2. The van der Waals surface area contributed by atoms with Crippen molar-refractivity contribution in [2.75, 3.05) is 26.2 Å². The molecule has 1 aromatic carbocycles. The lowest BCUT2D eigenvalue weighted by atomic mass is 10.2. The first-order valence-electron chi connectivity index (χ1n) is 6.35. The van der Waals surface area contributed by atoms with Gasteiger partial charge in [0, 0.05) is 36.0 Å². The van der Waals surface area contributed by atoms with Crippen LogP contribution in [0.4, 0.5) is 0 Å². The summed E-state index contributed by atoms with van der Waals surface area (Å²) in [7, 11) is 0. The maximum atomic E-state index is 12.4. The third-order valence-corrected chi connectivity index (χ3v) is 3.94. The van der Waals surface area contributed by atoms with Crippen LogP contribution in [0, 0.1) is 0 Å². The van der Waals surface area contributed by atoms with Crippen molar-refractivity contribution in [2.24, 2.45) is 0 Å². The van der Waals surface area contributed by atoms with E-state index in [9.17, 15) is 9.59 Å². The number of rotatable bonds is 2. The number of amides is 2. The first-order chi connectivity index (χ1) is 9.67. The summed E-state index contributed by atoms with van der Waals surface area (Å²) in [4.78, 5) is 26.4. The van der Waals surface area contributed by atoms with E-state index in [-0.39, 0.29) is 5.91 Å². The first kappa shape index (κ1) is 13.2. The number of benzene rings is 1.